The molecule has 0 aliphatic heterocycles. The molecule has 150 valence electrons. The van der Waals surface area contributed by atoms with Crippen LogP contribution >= 0.6 is 23.2 Å². The molecular formula is C21H17Cl2NO5. The normalized spacial score (nSPS) is 10.6. The van der Waals surface area contributed by atoms with E-state index in [-0.39, 0.29) is 40.7 Å². The Bertz CT molecular complexity index is 1040. The number of hydrogen-bond acceptors (Lipinski definition) is 6. The van der Waals surface area contributed by atoms with Crippen molar-refractivity contribution in [2.45, 2.75) is 20.0 Å². The zero-order valence-corrected chi connectivity index (χ0v) is 17.2. The van der Waals surface area contributed by atoms with Gasteiger partial charge >= 0.3 is 0 Å². The second kappa shape index (κ2) is 9.11. The van der Waals surface area contributed by atoms with E-state index in [1.165, 1.54) is 6.92 Å². The first kappa shape index (κ1) is 20.9. The number of methoxy groups -OCH3 is 1. The highest BCUT2D eigenvalue weighted by molar-refractivity contribution is 6.33. The summed E-state index contributed by atoms with van der Waals surface area (Å²) >= 11 is 12.1. The number of aromatic nitrogens is 1. The minimum atomic E-state index is -0.377. The highest BCUT2D eigenvalue weighted by Crippen LogP contribution is 2.33. The molecule has 0 N–H and O–H groups in total. The first-order chi connectivity index (χ1) is 13.9. The van der Waals surface area contributed by atoms with Gasteiger partial charge in [-0.05, 0) is 53.9 Å². The van der Waals surface area contributed by atoms with E-state index in [0.717, 1.165) is 17.6 Å². The molecule has 0 aliphatic rings. The molecule has 0 unspecified atom stereocenters. The minimum Gasteiger partial charge on any atom is -0.497 e. The van der Waals surface area contributed by atoms with Crippen LogP contribution in [-0.4, -0.2) is 23.7 Å². The largest absolute Gasteiger partial charge is 0.497 e. The fraction of sp³-hybridized carbons (Fsp3) is 0.190. The van der Waals surface area contributed by atoms with E-state index in [1.807, 2.05) is 24.3 Å². The summed E-state index contributed by atoms with van der Waals surface area (Å²) < 4.78 is 15.8. The van der Waals surface area contributed by atoms with Gasteiger partial charge in [-0.25, -0.2) is 0 Å². The van der Waals surface area contributed by atoms with Crippen molar-refractivity contribution in [3.05, 3.63) is 75.4 Å². The van der Waals surface area contributed by atoms with E-state index in [1.54, 1.807) is 19.2 Å². The van der Waals surface area contributed by atoms with Crippen molar-refractivity contribution in [2.24, 2.45) is 0 Å². The lowest BCUT2D eigenvalue weighted by atomic mass is 9.98. The molecule has 29 heavy (non-hydrogen) atoms. The van der Waals surface area contributed by atoms with Gasteiger partial charge in [0, 0.05) is 12.0 Å². The van der Waals surface area contributed by atoms with Gasteiger partial charge in [-0.15, -0.1) is 0 Å². The Morgan fingerprint density at radius 3 is 2.41 bits per heavy atom. The molecule has 8 heteroatoms. The van der Waals surface area contributed by atoms with Gasteiger partial charge < -0.3 is 13.9 Å². The van der Waals surface area contributed by atoms with Crippen LogP contribution in [0, 0.1) is 0 Å². The maximum Gasteiger partial charge on any atom is 0.292 e. The van der Waals surface area contributed by atoms with Crippen molar-refractivity contribution in [1.82, 2.24) is 4.98 Å². The Morgan fingerprint density at radius 1 is 1.10 bits per heavy atom. The van der Waals surface area contributed by atoms with Crippen LogP contribution in [0.15, 0.2) is 47.1 Å². The molecule has 6 nitrogen and oxygen atoms in total. The van der Waals surface area contributed by atoms with Crippen molar-refractivity contribution in [3.63, 3.8) is 0 Å². The molecule has 0 saturated heterocycles. The Hall–Kier alpha value is -2.83. The van der Waals surface area contributed by atoms with Crippen molar-refractivity contribution >= 4 is 34.8 Å². The third kappa shape index (κ3) is 4.96. The second-order valence-electron chi connectivity index (χ2n) is 6.18. The number of ketones is 2. The molecule has 0 bridgehead atoms. The highest BCUT2D eigenvalue weighted by Gasteiger charge is 2.21. The van der Waals surface area contributed by atoms with Crippen LogP contribution in [0.5, 0.6) is 11.5 Å². The minimum absolute atomic E-state index is 0.0603. The average Bonchev–Trinajstić information content (AvgIpc) is 3.15. The zero-order chi connectivity index (χ0) is 21.0. The number of rotatable bonds is 8. The molecule has 0 atom stereocenters. The smallest absolute Gasteiger partial charge is 0.292 e. The summed E-state index contributed by atoms with van der Waals surface area (Å²) in [7, 11) is 1.59. The SMILES string of the molecule is COc1ccc(COc2ccc(C(C)=O)c(CC(=O)c3coc(Cl)n3)c2Cl)cc1. The summed E-state index contributed by atoms with van der Waals surface area (Å²) in [6.07, 6.45) is 1.02. The average molecular weight is 434 g/mol. The van der Waals surface area contributed by atoms with Crippen LogP contribution in [0.4, 0.5) is 0 Å². The van der Waals surface area contributed by atoms with E-state index >= 15 is 0 Å². The molecular weight excluding hydrogens is 417 g/mol. The van der Waals surface area contributed by atoms with Gasteiger partial charge in [0.25, 0.3) is 5.35 Å². The van der Waals surface area contributed by atoms with Gasteiger partial charge in [0.1, 0.15) is 30.1 Å². The quantitative estimate of drug-likeness (QED) is 0.454. The van der Waals surface area contributed by atoms with E-state index in [4.69, 9.17) is 37.1 Å². The molecule has 2 aromatic carbocycles. The van der Waals surface area contributed by atoms with Gasteiger partial charge in [0.15, 0.2) is 11.6 Å². The summed E-state index contributed by atoms with van der Waals surface area (Å²) in [6.45, 7) is 1.67. The number of benzene rings is 2. The lowest BCUT2D eigenvalue weighted by molar-refractivity contribution is 0.0987. The summed E-state index contributed by atoms with van der Waals surface area (Å²) in [4.78, 5) is 28.3. The number of ether oxygens (including phenoxy) is 2. The molecule has 3 aromatic rings. The number of carbonyl (C=O) groups is 2. The van der Waals surface area contributed by atoms with Crippen LogP contribution in [0.2, 0.25) is 10.4 Å². The van der Waals surface area contributed by atoms with Crippen molar-refractivity contribution in [3.8, 4) is 11.5 Å². The lowest BCUT2D eigenvalue weighted by Gasteiger charge is -2.14. The molecule has 0 spiro atoms. The molecule has 1 heterocycles. The molecule has 0 amide bonds. The first-order valence-electron chi connectivity index (χ1n) is 8.61. The molecule has 0 aliphatic carbocycles. The summed E-state index contributed by atoms with van der Waals surface area (Å²) in [6, 6.07) is 10.6. The number of nitrogens with zero attached hydrogens (tertiary/aromatic N) is 1. The highest BCUT2D eigenvalue weighted by atomic mass is 35.5. The summed E-state index contributed by atoms with van der Waals surface area (Å²) in [5.41, 5.74) is 1.68. The first-order valence-corrected chi connectivity index (χ1v) is 9.37. The van der Waals surface area contributed by atoms with Gasteiger partial charge in [-0.2, -0.15) is 4.98 Å². The Morgan fingerprint density at radius 2 is 1.83 bits per heavy atom. The molecule has 3 rings (SSSR count). The number of Topliss-reactive ketones (excluding diaryl/α,β-unsaturated/α-hetero) is 2. The Balaban J connectivity index is 1.84. The number of hydrogen-bond donors (Lipinski definition) is 0. The maximum atomic E-state index is 12.5. The molecule has 0 radical (unpaired) electrons. The number of oxazole rings is 1. The maximum absolute atomic E-state index is 12.5. The summed E-state index contributed by atoms with van der Waals surface area (Å²) in [5, 5.41) is 0.0666. The van der Waals surface area contributed by atoms with Crippen molar-refractivity contribution in [2.75, 3.05) is 7.11 Å². The van der Waals surface area contributed by atoms with Gasteiger partial charge in [-0.1, -0.05) is 23.7 Å². The topological polar surface area (TPSA) is 78.6 Å². The zero-order valence-electron chi connectivity index (χ0n) is 15.7. The third-order valence-electron chi connectivity index (χ3n) is 4.24. The monoisotopic (exact) mass is 433 g/mol. The van der Waals surface area contributed by atoms with Crippen LogP contribution in [-0.2, 0) is 13.0 Å². The van der Waals surface area contributed by atoms with Gasteiger partial charge in [-0.3, -0.25) is 9.59 Å². The Labute approximate surface area is 177 Å². The van der Waals surface area contributed by atoms with E-state index < -0.39 is 0 Å². The number of carbonyl (C=O) groups excluding carboxylic acids is 2. The lowest BCUT2D eigenvalue weighted by Crippen LogP contribution is -2.10. The fourth-order valence-electron chi connectivity index (χ4n) is 2.73. The van der Waals surface area contributed by atoms with E-state index in [0.29, 0.717) is 16.9 Å². The van der Waals surface area contributed by atoms with Crippen LogP contribution in [0.25, 0.3) is 0 Å². The van der Waals surface area contributed by atoms with Gasteiger partial charge in [0.2, 0.25) is 0 Å². The number of halogens is 2. The molecule has 0 saturated carbocycles. The molecule has 0 fully saturated rings. The third-order valence-corrected chi connectivity index (χ3v) is 4.83. The Kier molecular flexibility index (Phi) is 6.56. The molecule has 1 aromatic heterocycles. The summed E-state index contributed by atoms with van der Waals surface area (Å²) in [5.74, 6) is 0.520. The van der Waals surface area contributed by atoms with Crippen LogP contribution in [0.1, 0.15) is 38.9 Å². The second-order valence-corrected chi connectivity index (χ2v) is 6.88. The van der Waals surface area contributed by atoms with Crippen LogP contribution in [0.3, 0.4) is 0 Å². The van der Waals surface area contributed by atoms with Crippen LogP contribution < -0.4 is 9.47 Å². The predicted octanol–water partition coefficient (Wildman–Crippen LogP) is 5.20. The van der Waals surface area contributed by atoms with Gasteiger partial charge in [0.05, 0.1) is 12.1 Å². The van der Waals surface area contributed by atoms with Crippen molar-refractivity contribution < 1.29 is 23.5 Å². The predicted molar refractivity (Wildman–Crippen MR) is 108 cm³/mol. The van der Waals surface area contributed by atoms with Crippen molar-refractivity contribution in [1.29, 1.82) is 0 Å². The van der Waals surface area contributed by atoms with E-state index in [9.17, 15) is 9.59 Å². The van der Waals surface area contributed by atoms with E-state index in [2.05, 4.69) is 4.98 Å². The standard InChI is InChI=1S/C21H17Cl2NO5/c1-12(25)15-7-8-19(28-10-13-3-5-14(27-2)6-4-13)20(22)16(15)9-18(26)17-11-29-21(23)24-17/h3-8,11H,9-10H2,1-2H3. The fourth-order valence-corrected chi connectivity index (χ4v) is 3.15.